The van der Waals surface area contributed by atoms with E-state index in [0.717, 1.165) is 0 Å². The van der Waals surface area contributed by atoms with E-state index in [2.05, 4.69) is 15.4 Å². The zero-order valence-corrected chi connectivity index (χ0v) is 7.79. The number of ether oxygens (including phenoxy) is 1. The van der Waals surface area contributed by atoms with Gasteiger partial charge in [0.1, 0.15) is 0 Å². The van der Waals surface area contributed by atoms with E-state index in [1.165, 1.54) is 7.11 Å². The summed E-state index contributed by atoms with van der Waals surface area (Å²) in [5, 5.41) is 5.41. The van der Waals surface area contributed by atoms with Crippen molar-refractivity contribution in [1.29, 1.82) is 0 Å². The van der Waals surface area contributed by atoms with Crippen LogP contribution >= 0.6 is 0 Å². The highest BCUT2D eigenvalue weighted by Crippen LogP contribution is 2.09. The number of hydrogen-bond acceptors (Lipinski definition) is 3. The molecule has 0 bridgehead atoms. The minimum Gasteiger partial charge on any atom is -0.453 e. The van der Waals surface area contributed by atoms with Crippen molar-refractivity contribution in [2.24, 2.45) is 0 Å². The highest BCUT2D eigenvalue weighted by Gasteiger charge is 2.26. The van der Waals surface area contributed by atoms with Gasteiger partial charge in [0, 0.05) is 12.5 Å². The smallest absolute Gasteiger partial charge is 0.407 e. The minimum atomic E-state index is -0.451. The third-order valence-corrected chi connectivity index (χ3v) is 2.16. The third kappa shape index (κ3) is 2.61. The van der Waals surface area contributed by atoms with Crippen LogP contribution < -0.4 is 10.6 Å². The molecular formula is C8H14N2O3. The number of amides is 2. The lowest BCUT2D eigenvalue weighted by molar-refractivity contribution is -0.123. The number of hydrogen-bond donors (Lipinski definition) is 2. The van der Waals surface area contributed by atoms with Gasteiger partial charge in [0.25, 0.3) is 0 Å². The summed E-state index contributed by atoms with van der Waals surface area (Å²) >= 11 is 0. The van der Waals surface area contributed by atoms with Crippen LogP contribution in [-0.4, -0.2) is 31.2 Å². The van der Waals surface area contributed by atoms with E-state index in [0.29, 0.717) is 12.8 Å². The molecule has 1 rings (SSSR count). The maximum Gasteiger partial charge on any atom is 0.407 e. The number of rotatable bonds is 1. The molecule has 5 nitrogen and oxygen atoms in total. The van der Waals surface area contributed by atoms with Gasteiger partial charge in [0.05, 0.1) is 13.2 Å². The maximum absolute atomic E-state index is 10.9. The summed E-state index contributed by atoms with van der Waals surface area (Å²) in [6.45, 7) is 1.86. The maximum atomic E-state index is 10.9. The van der Waals surface area contributed by atoms with Crippen LogP contribution in [0.3, 0.4) is 0 Å². The molecule has 0 spiro atoms. The molecule has 0 radical (unpaired) electrons. The molecule has 74 valence electrons. The zero-order valence-electron chi connectivity index (χ0n) is 7.79. The summed E-state index contributed by atoms with van der Waals surface area (Å²) in [7, 11) is 1.32. The van der Waals surface area contributed by atoms with Gasteiger partial charge in [0.2, 0.25) is 5.91 Å². The van der Waals surface area contributed by atoms with Gasteiger partial charge < -0.3 is 15.4 Å². The Kier molecular flexibility index (Phi) is 3.11. The summed E-state index contributed by atoms with van der Waals surface area (Å²) in [5.41, 5.74) is 0. The monoisotopic (exact) mass is 186 g/mol. The average molecular weight is 186 g/mol. The number of alkyl carbamates (subject to hydrolysis) is 1. The molecular weight excluding hydrogens is 172 g/mol. The topological polar surface area (TPSA) is 67.4 Å². The Morgan fingerprint density at radius 1 is 1.69 bits per heavy atom. The molecule has 0 aromatic carbocycles. The lowest BCUT2D eigenvalue weighted by atomic mass is 10.00. The van der Waals surface area contributed by atoms with E-state index in [9.17, 15) is 9.59 Å². The van der Waals surface area contributed by atoms with Gasteiger partial charge in [-0.1, -0.05) is 0 Å². The van der Waals surface area contributed by atoms with Gasteiger partial charge in [-0.15, -0.1) is 0 Å². The van der Waals surface area contributed by atoms with Gasteiger partial charge in [-0.2, -0.15) is 0 Å². The molecule has 1 aliphatic rings. The summed E-state index contributed by atoms with van der Waals surface area (Å²) in [5.74, 6) is 0.0374. The van der Waals surface area contributed by atoms with Gasteiger partial charge in [0.15, 0.2) is 0 Å². The van der Waals surface area contributed by atoms with Crippen LogP contribution in [0.2, 0.25) is 0 Å². The quantitative estimate of drug-likeness (QED) is 0.606. The molecule has 1 fully saturated rings. The van der Waals surface area contributed by atoms with E-state index >= 15 is 0 Å². The fourth-order valence-electron chi connectivity index (χ4n) is 1.37. The average Bonchev–Trinajstić information content (AvgIpc) is 2.09. The van der Waals surface area contributed by atoms with E-state index < -0.39 is 6.09 Å². The second-order valence-corrected chi connectivity index (χ2v) is 3.14. The van der Waals surface area contributed by atoms with Gasteiger partial charge in [-0.3, -0.25) is 4.79 Å². The van der Waals surface area contributed by atoms with Crippen molar-refractivity contribution < 1.29 is 14.3 Å². The molecule has 13 heavy (non-hydrogen) atoms. The Bertz CT molecular complexity index is 217. The molecule has 2 unspecified atom stereocenters. The fraction of sp³-hybridized carbons (Fsp3) is 0.750. The normalized spacial score (nSPS) is 27.7. The molecule has 1 saturated heterocycles. The highest BCUT2D eigenvalue weighted by atomic mass is 16.5. The van der Waals surface area contributed by atoms with E-state index in [1.54, 1.807) is 0 Å². The predicted molar refractivity (Wildman–Crippen MR) is 46.2 cm³/mol. The number of carbonyl (C=O) groups excluding carboxylic acids is 2. The summed E-state index contributed by atoms with van der Waals surface area (Å²) in [6.07, 6.45) is 0.675. The minimum absolute atomic E-state index is 0.0230. The number of nitrogens with one attached hydrogen (secondary N) is 2. The molecule has 2 N–H and O–H groups in total. The van der Waals surface area contributed by atoms with Crippen molar-refractivity contribution in [1.82, 2.24) is 10.6 Å². The van der Waals surface area contributed by atoms with Gasteiger partial charge in [-0.05, 0) is 13.3 Å². The van der Waals surface area contributed by atoms with E-state index in [-0.39, 0.29) is 18.0 Å². The number of carbonyl (C=O) groups is 2. The standard InChI is InChI=1S/C8H14N2O3/c1-5-6(10-8(12)13-2)3-4-7(11)9-5/h5-6H,3-4H2,1-2H3,(H,9,11)(H,10,12). The van der Waals surface area contributed by atoms with Crippen molar-refractivity contribution in [2.75, 3.05) is 7.11 Å². The molecule has 1 heterocycles. The second kappa shape index (κ2) is 4.11. The third-order valence-electron chi connectivity index (χ3n) is 2.16. The summed E-state index contributed by atoms with van der Waals surface area (Å²) in [4.78, 5) is 21.8. The molecule has 0 aromatic rings. The van der Waals surface area contributed by atoms with E-state index in [1.807, 2.05) is 6.92 Å². The van der Waals surface area contributed by atoms with Crippen molar-refractivity contribution in [3.63, 3.8) is 0 Å². The first-order valence-corrected chi connectivity index (χ1v) is 4.27. The van der Waals surface area contributed by atoms with Crippen molar-refractivity contribution in [3.8, 4) is 0 Å². The van der Waals surface area contributed by atoms with E-state index in [4.69, 9.17) is 0 Å². The molecule has 0 saturated carbocycles. The highest BCUT2D eigenvalue weighted by molar-refractivity contribution is 5.77. The fourth-order valence-corrected chi connectivity index (χ4v) is 1.37. The van der Waals surface area contributed by atoms with Crippen LogP contribution in [0.15, 0.2) is 0 Å². The molecule has 1 aliphatic heterocycles. The molecule has 0 aliphatic carbocycles. The Labute approximate surface area is 76.8 Å². The zero-order chi connectivity index (χ0) is 9.84. The largest absolute Gasteiger partial charge is 0.453 e. The van der Waals surface area contributed by atoms with Crippen LogP contribution in [0.4, 0.5) is 4.79 Å². The first-order valence-electron chi connectivity index (χ1n) is 4.27. The Morgan fingerprint density at radius 2 is 2.38 bits per heavy atom. The second-order valence-electron chi connectivity index (χ2n) is 3.14. The number of methoxy groups -OCH3 is 1. The Morgan fingerprint density at radius 3 is 2.92 bits per heavy atom. The van der Waals surface area contributed by atoms with Gasteiger partial charge >= 0.3 is 6.09 Å². The van der Waals surface area contributed by atoms with Crippen LogP contribution in [-0.2, 0) is 9.53 Å². The van der Waals surface area contributed by atoms with Crippen LogP contribution in [0, 0.1) is 0 Å². The predicted octanol–water partition coefficient (Wildman–Crippen LogP) is 0.00950. The van der Waals surface area contributed by atoms with Crippen LogP contribution in [0.1, 0.15) is 19.8 Å². The van der Waals surface area contributed by atoms with Crippen LogP contribution in [0.25, 0.3) is 0 Å². The summed E-state index contributed by atoms with van der Waals surface area (Å²) in [6, 6.07) is -0.0505. The first-order chi connectivity index (χ1) is 6.13. The van der Waals surface area contributed by atoms with Crippen molar-refractivity contribution in [2.45, 2.75) is 31.8 Å². The van der Waals surface area contributed by atoms with Crippen molar-refractivity contribution >= 4 is 12.0 Å². The molecule has 2 amide bonds. The summed E-state index contributed by atoms with van der Waals surface area (Å²) < 4.78 is 4.47. The lowest BCUT2D eigenvalue weighted by Gasteiger charge is -2.29. The van der Waals surface area contributed by atoms with Crippen molar-refractivity contribution in [3.05, 3.63) is 0 Å². The Hall–Kier alpha value is -1.26. The number of piperidine rings is 1. The first kappa shape index (κ1) is 9.83. The molecule has 2 atom stereocenters. The van der Waals surface area contributed by atoms with Crippen LogP contribution in [0.5, 0.6) is 0 Å². The van der Waals surface area contributed by atoms with Gasteiger partial charge in [-0.25, -0.2) is 4.79 Å². The molecule has 5 heteroatoms. The lowest BCUT2D eigenvalue weighted by Crippen LogP contribution is -2.53. The molecule has 0 aromatic heterocycles. The Balaban J connectivity index is 2.42. The SMILES string of the molecule is COC(=O)NC1CCC(=O)NC1C.